The largest absolute Gasteiger partial charge is 0.480 e. The van der Waals surface area contributed by atoms with Crippen LogP contribution in [0.1, 0.15) is 81.4 Å². The van der Waals surface area contributed by atoms with Crippen LogP contribution in [0.2, 0.25) is 0 Å². The van der Waals surface area contributed by atoms with Crippen molar-refractivity contribution < 1.29 is 23.8 Å². The van der Waals surface area contributed by atoms with E-state index in [0.717, 1.165) is 56.1 Å². The lowest BCUT2D eigenvalue weighted by Gasteiger charge is -2.47. The fourth-order valence-corrected chi connectivity index (χ4v) is 5.91. The van der Waals surface area contributed by atoms with Gasteiger partial charge >= 0.3 is 5.63 Å². The molecule has 38 heavy (non-hydrogen) atoms. The maximum absolute atomic E-state index is 12.7. The molecule has 2 amide bonds. The fraction of sp³-hybridized carbons (Fsp3) is 0.633. The Morgan fingerprint density at radius 2 is 1.95 bits per heavy atom. The smallest absolute Gasteiger partial charge is 0.339 e. The number of benzene rings is 1. The number of hydrogen-bond donors (Lipinski definition) is 2. The van der Waals surface area contributed by atoms with Gasteiger partial charge in [0, 0.05) is 37.5 Å². The van der Waals surface area contributed by atoms with E-state index in [0.29, 0.717) is 54.8 Å². The maximum atomic E-state index is 12.7. The van der Waals surface area contributed by atoms with Crippen molar-refractivity contribution in [1.82, 2.24) is 10.2 Å². The van der Waals surface area contributed by atoms with Crippen molar-refractivity contribution in [2.75, 3.05) is 19.6 Å². The van der Waals surface area contributed by atoms with Crippen LogP contribution in [0, 0.1) is 26.7 Å². The van der Waals surface area contributed by atoms with Gasteiger partial charge in [-0.3, -0.25) is 9.59 Å². The highest BCUT2D eigenvalue weighted by atomic mass is 16.5. The van der Waals surface area contributed by atoms with Gasteiger partial charge in [-0.2, -0.15) is 0 Å². The molecule has 1 aliphatic carbocycles. The third-order valence-corrected chi connectivity index (χ3v) is 8.48. The number of carbonyl (C=O) groups excluding carboxylic acids is 2. The topological polar surface area (TPSA) is 109 Å². The van der Waals surface area contributed by atoms with Gasteiger partial charge in [-0.1, -0.05) is 19.3 Å². The zero-order valence-electron chi connectivity index (χ0n) is 23.2. The van der Waals surface area contributed by atoms with Crippen molar-refractivity contribution in [1.29, 1.82) is 0 Å². The maximum Gasteiger partial charge on any atom is 0.339 e. The number of aliphatic hydroxyl groups is 1. The number of unbranched alkanes of at least 4 members (excludes halogenated alkanes) is 2. The van der Waals surface area contributed by atoms with Gasteiger partial charge in [-0.05, 0) is 83.1 Å². The lowest BCUT2D eigenvalue weighted by Crippen LogP contribution is -2.54. The average molecular weight is 527 g/mol. The molecule has 2 N–H and O–H groups in total. The second-order valence-corrected chi connectivity index (χ2v) is 11.3. The molecule has 1 aromatic heterocycles. The number of aryl methyl sites for hydroxylation is 2. The van der Waals surface area contributed by atoms with E-state index in [2.05, 4.69) is 5.32 Å². The van der Waals surface area contributed by atoms with Crippen LogP contribution < -0.4 is 15.7 Å². The molecule has 2 fully saturated rings. The number of amides is 2. The third-order valence-electron chi connectivity index (χ3n) is 8.48. The van der Waals surface area contributed by atoms with Gasteiger partial charge in [0.25, 0.3) is 5.91 Å². The molecule has 1 aromatic carbocycles. The molecular formula is C30H42N2O6. The molecule has 0 unspecified atom stereocenters. The molecule has 2 aliphatic rings. The van der Waals surface area contributed by atoms with E-state index in [9.17, 15) is 19.5 Å². The molecule has 8 heteroatoms. The van der Waals surface area contributed by atoms with Gasteiger partial charge in [0.15, 0.2) is 6.10 Å². The standard InChI is InChI=1S/C30H42N2O6/c1-19-16-24(27-20(2)21(3)29(35)38-25(27)17-19)37-22(4)28(34)31-14-9-5-6-11-26(33)32-15-13-30(36)12-8-7-10-23(30)18-32/h16-17,22-23,36H,5-15,18H2,1-4H3,(H,31,34)/t22-,23-,30-/m1/s1. The van der Waals surface area contributed by atoms with Crippen LogP contribution in [-0.4, -0.2) is 53.2 Å². The van der Waals surface area contributed by atoms with Gasteiger partial charge in [-0.15, -0.1) is 0 Å². The third kappa shape index (κ3) is 6.22. The molecule has 1 saturated carbocycles. The molecule has 4 rings (SSSR count). The van der Waals surface area contributed by atoms with Crippen molar-refractivity contribution in [2.45, 2.75) is 97.2 Å². The Kier molecular flexibility index (Phi) is 8.81. The van der Waals surface area contributed by atoms with Gasteiger partial charge in [0.2, 0.25) is 5.91 Å². The highest BCUT2D eigenvalue weighted by molar-refractivity contribution is 5.89. The summed E-state index contributed by atoms with van der Waals surface area (Å²) in [6, 6.07) is 3.65. The molecule has 2 aromatic rings. The first-order valence-electron chi connectivity index (χ1n) is 14.1. The number of rotatable bonds is 9. The molecule has 208 valence electrons. The summed E-state index contributed by atoms with van der Waals surface area (Å²) in [6.07, 6.45) is 7.01. The molecule has 1 aliphatic heterocycles. The van der Waals surface area contributed by atoms with Crippen LogP contribution in [0.5, 0.6) is 5.75 Å². The molecule has 2 heterocycles. The minimum absolute atomic E-state index is 0.176. The number of fused-ring (bicyclic) bond motifs is 2. The van der Waals surface area contributed by atoms with E-state index in [1.54, 1.807) is 19.9 Å². The Balaban J connectivity index is 1.19. The average Bonchev–Trinajstić information content (AvgIpc) is 2.88. The van der Waals surface area contributed by atoms with E-state index < -0.39 is 11.7 Å². The van der Waals surface area contributed by atoms with Crippen molar-refractivity contribution in [3.8, 4) is 5.75 Å². The summed E-state index contributed by atoms with van der Waals surface area (Å²) in [6.45, 7) is 9.02. The first-order valence-corrected chi connectivity index (χ1v) is 14.1. The highest BCUT2D eigenvalue weighted by Gasteiger charge is 2.43. The zero-order valence-corrected chi connectivity index (χ0v) is 23.2. The second kappa shape index (κ2) is 11.9. The predicted molar refractivity (Wildman–Crippen MR) is 146 cm³/mol. The summed E-state index contributed by atoms with van der Waals surface area (Å²) in [7, 11) is 0. The van der Waals surface area contributed by atoms with Crippen LogP contribution in [0.15, 0.2) is 21.3 Å². The molecular weight excluding hydrogens is 484 g/mol. The quantitative estimate of drug-likeness (QED) is 0.372. The van der Waals surface area contributed by atoms with Crippen LogP contribution in [0.25, 0.3) is 11.0 Å². The minimum Gasteiger partial charge on any atom is -0.480 e. The normalized spacial score (nSPS) is 22.1. The monoisotopic (exact) mass is 526 g/mol. The Morgan fingerprint density at radius 3 is 2.74 bits per heavy atom. The predicted octanol–water partition coefficient (Wildman–Crippen LogP) is 4.32. The van der Waals surface area contributed by atoms with Crippen LogP contribution in [0.3, 0.4) is 0 Å². The number of piperidine rings is 1. The second-order valence-electron chi connectivity index (χ2n) is 11.3. The summed E-state index contributed by atoms with van der Waals surface area (Å²) in [5.74, 6) is 0.707. The lowest BCUT2D eigenvalue weighted by molar-refractivity contribution is -0.143. The van der Waals surface area contributed by atoms with Crippen LogP contribution >= 0.6 is 0 Å². The molecule has 8 nitrogen and oxygen atoms in total. The van der Waals surface area contributed by atoms with E-state index in [1.165, 1.54) is 0 Å². The summed E-state index contributed by atoms with van der Waals surface area (Å²) in [5.41, 5.74) is 1.71. The number of nitrogens with zero attached hydrogens (tertiary/aromatic N) is 1. The van der Waals surface area contributed by atoms with E-state index in [1.807, 2.05) is 24.8 Å². The van der Waals surface area contributed by atoms with E-state index in [-0.39, 0.29) is 23.4 Å². The number of carbonyl (C=O) groups is 2. The van der Waals surface area contributed by atoms with Gasteiger partial charge in [0.05, 0.1) is 11.0 Å². The Labute approximate surface area is 224 Å². The molecule has 0 radical (unpaired) electrons. The minimum atomic E-state index is -0.717. The highest BCUT2D eigenvalue weighted by Crippen LogP contribution is 2.40. The lowest BCUT2D eigenvalue weighted by atomic mass is 9.71. The number of hydrogen-bond acceptors (Lipinski definition) is 6. The SMILES string of the molecule is Cc1cc(O[C@H](C)C(=O)NCCCCCC(=O)N2CC[C@]3(O)CCCC[C@@H]3C2)c2c(C)c(C)c(=O)oc2c1. The van der Waals surface area contributed by atoms with E-state index in [4.69, 9.17) is 9.15 Å². The Hall–Kier alpha value is -2.87. The summed E-state index contributed by atoms with van der Waals surface area (Å²) < 4.78 is 11.5. The molecule has 1 saturated heterocycles. The Bertz CT molecular complexity index is 1240. The van der Waals surface area contributed by atoms with Gasteiger partial charge in [-0.25, -0.2) is 4.79 Å². The zero-order chi connectivity index (χ0) is 27.4. The van der Waals surface area contributed by atoms with Crippen molar-refractivity contribution in [3.63, 3.8) is 0 Å². The molecule has 3 atom stereocenters. The van der Waals surface area contributed by atoms with Crippen LogP contribution in [0.4, 0.5) is 0 Å². The van der Waals surface area contributed by atoms with Crippen molar-refractivity contribution in [2.24, 2.45) is 5.92 Å². The summed E-state index contributed by atoms with van der Waals surface area (Å²) >= 11 is 0. The van der Waals surface area contributed by atoms with Crippen molar-refractivity contribution >= 4 is 22.8 Å². The number of nitrogens with one attached hydrogen (secondary N) is 1. The van der Waals surface area contributed by atoms with Crippen molar-refractivity contribution in [3.05, 3.63) is 39.2 Å². The Morgan fingerprint density at radius 1 is 1.16 bits per heavy atom. The molecule has 0 bridgehead atoms. The van der Waals surface area contributed by atoms with Gasteiger partial charge in [0.1, 0.15) is 11.3 Å². The fourth-order valence-electron chi connectivity index (χ4n) is 5.91. The van der Waals surface area contributed by atoms with Gasteiger partial charge < -0.3 is 24.5 Å². The first kappa shape index (κ1) is 28.1. The number of ether oxygens (including phenoxy) is 1. The summed E-state index contributed by atoms with van der Waals surface area (Å²) in [5, 5.41) is 14.5. The summed E-state index contributed by atoms with van der Waals surface area (Å²) in [4.78, 5) is 39.4. The number of likely N-dealkylation sites (tertiary alicyclic amines) is 1. The first-order chi connectivity index (χ1) is 18.1. The van der Waals surface area contributed by atoms with Crippen LogP contribution in [-0.2, 0) is 9.59 Å². The van der Waals surface area contributed by atoms with E-state index >= 15 is 0 Å². The molecule has 0 spiro atoms.